The van der Waals surface area contributed by atoms with Crippen molar-refractivity contribution in [2.45, 2.75) is 13.3 Å². The molecule has 0 saturated carbocycles. The van der Waals surface area contributed by atoms with Crippen LogP contribution in [0.25, 0.3) is 0 Å². The van der Waals surface area contributed by atoms with Crippen LogP contribution in [0.3, 0.4) is 0 Å². The van der Waals surface area contributed by atoms with Crippen LogP contribution >= 0.6 is 23.2 Å². The van der Waals surface area contributed by atoms with E-state index in [1.807, 2.05) is 4.90 Å². The Bertz CT molecular complexity index is 1140. The highest BCUT2D eigenvalue weighted by Crippen LogP contribution is 2.28. The normalized spacial score (nSPS) is 13.7. The van der Waals surface area contributed by atoms with Gasteiger partial charge in [0.05, 0.1) is 24.7 Å². The number of nitrogen functional groups attached to an aromatic ring is 1. The minimum atomic E-state index is -0.549. The van der Waals surface area contributed by atoms with Crippen molar-refractivity contribution in [1.29, 1.82) is 0 Å². The number of halogens is 3. The van der Waals surface area contributed by atoms with Gasteiger partial charge in [-0.3, -0.25) is 14.5 Å². The molecule has 1 aromatic heterocycles. The van der Waals surface area contributed by atoms with Gasteiger partial charge in [0, 0.05) is 62.4 Å². The first kappa shape index (κ1) is 26.5. The van der Waals surface area contributed by atoms with E-state index in [-0.39, 0.29) is 48.8 Å². The average molecular weight is 522 g/mol. The van der Waals surface area contributed by atoms with Crippen molar-refractivity contribution in [2.24, 2.45) is 0 Å². The number of carbonyl (C=O) groups is 2. The van der Waals surface area contributed by atoms with Crippen LogP contribution in [0.1, 0.15) is 18.1 Å². The molecule has 3 N–H and O–H groups in total. The van der Waals surface area contributed by atoms with Crippen LogP contribution in [-0.2, 0) is 16.0 Å². The van der Waals surface area contributed by atoms with E-state index >= 15 is 0 Å². The van der Waals surface area contributed by atoms with Crippen molar-refractivity contribution in [2.75, 3.05) is 51.6 Å². The number of piperazine rings is 1. The smallest absolute Gasteiger partial charge is 0.234 e. The maximum Gasteiger partial charge on any atom is 0.234 e. The molecule has 1 aromatic carbocycles. The van der Waals surface area contributed by atoms with Gasteiger partial charge in [0.25, 0.3) is 0 Å². The van der Waals surface area contributed by atoms with Gasteiger partial charge in [0.2, 0.25) is 11.8 Å². The Hall–Kier alpha value is -3.06. The maximum atomic E-state index is 13.7. The third kappa shape index (κ3) is 7.72. The van der Waals surface area contributed by atoms with Crippen molar-refractivity contribution >= 4 is 40.8 Å². The number of hydrogen-bond donors (Lipinski definition) is 2. The van der Waals surface area contributed by atoms with Gasteiger partial charge in [-0.1, -0.05) is 35.0 Å². The van der Waals surface area contributed by atoms with Gasteiger partial charge in [0.1, 0.15) is 5.82 Å². The molecule has 2 heterocycles. The minimum Gasteiger partial charge on any atom is -0.489 e. The SMILES string of the molecule is CC(=O)N1CCN(CC(=O)NCC#Cc2cnc(N)c(OCCc3c(Cl)ccc(F)c3Cl)c2)CC1. The molecule has 0 spiro atoms. The van der Waals surface area contributed by atoms with Gasteiger partial charge >= 0.3 is 0 Å². The molecule has 2 amide bonds. The zero-order valence-corrected chi connectivity index (χ0v) is 20.8. The highest BCUT2D eigenvalue weighted by Gasteiger charge is 2.20. The largest absolute Gasteiger partial charge is 0.489 e. The molecule has 0 bridgehead atoms. The summed E-state index contributed by atoms with van der Waals surface area (Å²) in [6.45, 7) is 4.70. The number of ether oxygens (including phenoxy) is 1. The first-order valence-corrected chi connectivity index (χ1v) is 11.7. The molecule has 0 atom stereocenters. The number of anilines is 1. The van der Waals surface area contributed by atoms with Gasteiger partial charge < -0.3 is 20.7 Å². The number of benzene rings is 1. The molecule has 8 nitrogen and oxygen atoms in total. The summed E-state index contributed by atoms with van der Waals surface area (Å²) >= 11 is 12.1. The van der Waals surface area contributed by atoms with E-state index in [0.29, 0.717) is 48.1 Å². The van der Waals surface area contributed by atoms with E-state index in [2.05, 4.69) is 22.1 Å². The Balaban J connectivity index is 1.46. The van der Waals surface area contributed by atoms with Crippen molar-refractivity contribution in [1.82, 2.24) is 20.1 Å². The Kier molecular flexibility index (Phi) is 9.55. The molecule has 3 rings (SSSR count). The Morgan fingerprint density at radius 1 is 1.26 bits per heavy atom. The van der Waals surface area contributed by atoms with E-state index in [1.54, 1.807) is 17.9 Å². The van der Waals surface area contributed by atoms with E-state index in [9.17, 15) is 14.0 Å². The zero-order valence-electron chi connectivity index (χ0n) is 19.2. The van der Waals surface area contributed by atoms with Crippen LogP contribution < -0.4 is 15.8 Å². The second-order valence-corrected chi connectivity index (χ2v) is 8.67. The quantitative estimate of drug-likeness (QED) is 0.428. The fraction of sp³-hybridized carbons (Fsp3) is 0.375. The topological polar surface area (TPSA) is 101 Å². The minimum absolute atomic E-state index is 0.0350. The molecule has 1 fully saturated rings. The van der Waals surface area contributed by atoms with Crippen molar-refractivity contribution in [3.8, 4) is 17.6 Å². The van der Waals surface area contributed by atoms with Gasteiger partial charge in [-0.05, 0) is 17.7 Å². The van der Waals surface area contributed by atoms with Crippen LogP contribution in [0.15, 0.2) is 24.4 Å². The van der Waals surface area contributed by atoms with E-state index in [1.165, 1.54) is 18.3 Å². The molecule has 2 aromatic rings. The van der Waals surface area contributed by atoms with E-state index < -0.39 is 5.82 Å². The summed E-state index contributed by atoms with van der Waals surface area (Å²) in [5, 5.41) is 3.08. The molecule has 186 valence electrons. The van der Waals surface area contributed by atoms with Crippen LogP contribution in [0.4, 0.5) is 10.2 Å². The van der Waals surface area contributed by atoms with Crippen molar-refractivity contribution in [3.05, 3.63) is 51.4 Å². The van der Waals surface area contributed by atoms with E-state index in [0.717, 1.165) is 0 Å². The summed E-state index contributed by atoms with van der Waals surface area (Å²) in [6.07, 6.45) is 1.78. The van der Waals surface area contributed by atoms with Gasteiger partial charge in [-0.2, -0.15) is 0 Å². The highest BCUT2D eigenvalue weighted by atomic mass is 35.5. The summed E-state index contributed by atoms with van der Waals surface area (Å²) in [5.74, 6) is 5.67. The Labute approximate surface area is 213 Å². The van der Waals surface area contributed by atoms with Crippen LogP contribution in [0.5, 0.6) is 5.75 Å². The standard InChI is InChI=1S/C24H26Cl2FN5O3/c1-16(33)32-10-8-31(9-11-32)15-22(34)29-7-2-3-17-13-21(24(28)30-14-17)35-12-6-18-19(25)4-5-20(27)23(18)26/h4-5,13-14H,6-12,15H2,1H3,(H2,28,30)(H,29,34). The molecule has 0 unspecified atom stereocenters. The fourth-order valence-corrected chi connectivity index (χ4v) is 4.03. The number of pyridine rings is 1. The van der Waals surface area contributed by atoms with Gasteiger partial charge in [-0.15, -0.1) is 0 Å². The lowest BCUT2D eigenvalue weighted by Gasteiger charge is -2.33. The predicted molar refractivity (Wildman–Crippen MR) is 133 cm³/mol. The lowest BCUT2D eigenvalue weighted by atomic mass is 10.1. The summed E-state index contributed by atoms with van der Waals surface area (Å²) in [6, 6.07) is 4.29. The second-order valence-electron chi connectivity index (χ2n) is 7.89. The number of rotatable bonds is 7. The van der Waals surface area contributed by atoms with E-state index in [4.69, 9.17) is 33.7 Å². The molecule has 1 aliphatic rings. The number of nitrogens with two attached hydrogens (primary N) is 1. The number of carbonyl (C=O) groups excluding carboxylic acids is 2. The second kappa shape index (κ2) is 12.6. The third-order valence-electron chi connectivity index (χ3n) is 5.42. The van der Waals surface area contributed by atoms with Crippen molar-refractivity contribution < 1.29 is 18.7 Å². The predicted octanol–water partition coefficient (Wildman–Crippen LogP) is 2.36. The lowest BCUT2D eigenvalue weighted by Crippen LogP contribution is -2.50. The third-order valence-corrected chi connectivity index (χ3v) is 6.18. The van der Waals surface area contributed by atoms with Gasteiger partial charge in [0.15, 0.2) is 11.6 Å². The number of aromatic nitrogens is 1. The number of hydrogen-bond acceptors (Lipinski definition) is 6. The summed E-state index contributed by atoms with van der Waals surface area (Å²) < 4.78 is 19.4. The molecule has 0 radical (unpaired) electrons. The number of nitrogens with one attached hydrogen (secondary N) is 1. The number of amides is 2. The van der Waals surface area contributed by atoms with Crippen molar-refractivity contribution in [3.63, 3.8) is 0 Å². The number of nitrogens with zero attached hydrogens (tertiary/aromatic N) is 3. The zero-order chi connectivity index (χ0) is 25.4. The summed E-state index contributed by atoms with van der Waals surface area (Å²) in [5.41, 5.74) is 6.89. The molecule has 11 heteroatoms. The Morgan fingerprint density at radius 2 is 2.00 bits per heavy atom. The summed E-state index contributed by atoms with van der Waals surface area (Å²) in [7, 11) is 0. The lowest BCUT2D eigenvalue weighted by molar-refractivity contribution is -0.130. The average Bonchev–Trinajstić information content (AvgIpc) is 2.83. The molecule has 1 saturated heterocycles. The van der Waals surface area contributed by atoms with Crippen LogP contribution in [0, 0.1) is 17.7 Å². The molecule has 35 heavy (non-hydrogen) atoms. The van der Waals surface area contributed by atoms with Gasteiger partial charge in [-0.25, -0.2) is 9.37 Å². The first-order valence-electron chi connectivity index (χ1n) is 11.0. The maximum absolute atomic E-state index is 13.7. The molecular formula is C24H26Cl2FN5O3. The Morgan fingerprint density at radius 3 is 2.71 bits per heavy atom. The molecule has 1 aliphatic heterocycles. The molecular weight excluding hydrogens is 496 g/mol. The monoisotopic (exact) mass is 521 g/mol. The highest BCUT2D eigenvalue weighted by molar-refractivity contribution is 6.36. The van der Waals surface area contributed by atoms with Crippen LogP contribution in [0.2, 0.25) is 10.0 Å². The fourth-order valence-electron chi connectivity index (χ4n) is 3.47. The van der Waals surface area contributed by atoms with Crippen LogP contribution in [-0.4, -0.2) is 72.5 Å². The summed E-state index contributed by atoms with van der Waals surface area (Å²) in [4.78, 5) is 31.4. The first-order chi connectivity index (χ1) is 16.7. The molecule has 0 aliphatic carbocycles.